The van der Waals surface area contributed by atoms with E-state index in [0.29, 0.717) is 5.56 Å². The van der Waals surface area contributed by atoms with Crippen molar-refractivity contribution in [1.29, 1.82) is 0 Å². The summed E-state index contributed by atoms with van der Waals surface area (Å²) in [5, 5.41) is 2.09. The Kier molecular flexibility index (Phi) is 2.76. The number of urea groups is 1. The number of hydrogen-bond donors (Lipinski definition) is 1. The molecule has 0 saturated carbocycles. The minimum Gasteiger partial charge on any atom is -0.311 e. The van der Waals surface area contributed by atoms with E-state index in [0.717, 1.165) is 17.0 Å². The van der Waals surface area contributed by atoms with Crippen LogP contribution in [-0.2, 0) is 11.0 Å². The average molecular weight is 258 g/mol. The Bertz CT molecular complexity index is 496. The quantitative estimate of drug-likeness (QED) is 0.782. The van der Waals surface area contributed by atoms with Crippen LogP contribution in [0.4, 0.5) is 18.0 Å². The number of amides is 3. The molecule has 4 nitrogen and oxygen atoms in total. The summed E-state index contributed by atoms with van der Waals surface area (Å²) in [6.07, 6.45) is -4.42. The SMILES string of the molecule is CN1C(=O)NC(=O)C1c1ccc(C(F)(F)F)cc1. The van der Waals surface area contributed by atoms with Crippen molar-refractivity contribution in [3.8, 4) is 0 Å². The number of hydrogen-bond acceptors (Lipinski definition) is 2. The van der Waals surface area contributed by atoms with E-state index < -0.39 is 29.7 Å². The van der Waals surface area contributed by atoms with E-state index >= 15 is 0 Å². The summed E-state index contributed by atoms with van der Waals surface area (Å²) >= 11 is 0. The van der Waals surface area contributed by atoms with Crippen LogP contribution in [-0.4, -0.2) is 23.9 Å². The molecule has 18 heavy (non-hydrogen) atoms. The third kappa shape index (κ3) is 2.03. The highest BCUT2D eigenvalue weighted by molar-refractivity contribution is 6.04. The second-order valence-electron chi connectivity index (χ2n) is 3.93. The van der Waals surface area contributed by atoms with E-state index in [2.05, 4.69) is 5.32 Å². The van der Waals surface area contributed by atoms with Gasteiger partial charge in [0.15, 0.2) is 0 Å². The highest BCUT2D eigenvalue weighted by Crippen LogP contribution is 2.31. The van der Waals surface area contributed by atoms with Crippen LogP contribution in [0, 0.1) is 0 Å². The summed E-state index contributed by atoms with van der Waals surface area (Å²) in [4.78, 5) is 23.8. The number of carbonyl (C=O) groups excluding carboxylic acids is 2. The molecule has 0 radical (unpaired) electrons. The van der Waals surface area contributed by atoms with Crippen molar-refractivity contribution >= 4 is 11.9 Å². The predicted octanol–water partition coefficient (Wildman–Crippen LogP) is 1.93. The fourth-order valence-corrected chi connectivity index (χ4v) is 1.78. The Labute approximate surface area is 100 Å². The molecule has 1 heterocycles. The van der Waals surface area contributed by atoms with Gasteiger partial charge >= 0.3 is 12.2 Å². The number of rotatable bonds is 1. The first kappa shape index (κ1) is 12.4. The van der Waals surface area contributed by atoms with Gasteiger partial charge in [-0.2, -0.15) is 13.2 Å². The number of likely N-dealkylation sites (N-methyl/N-ethyl adjacent to an activating group) is 1. The van der Waals surface area contributed by atoms with Gasteiger partial charge in [0.25, 0.3) is 5.91 Å². The van der Waals surface area contributed by atoms with Crippen LogP contribution in [0.15, 0.2) is 24.3 Å². The predicted molar refractivity (Wildman–Crippen MR) is 55.5 cm³/mol. The Hall–Kier alpha value is -2.05. The van der Waals surface area contributed by atoms with E-state index in [9.17, 15) is 22.8 Å². The van der Waals surface area contributed by atoms with Crippen LogP contribution in [0.2, 0.25) is 0 Å². The van der Waals surface area contributed by atoms with Crippen molar-refractivity contribution in [2.45, 2.75) is 12.2 Å². The molecule has 1 fully saturated rings. The molecule has 1 N–H and O–H groups in total. The second-order valence-corrected chi connectivity index (χ2v) is 3.93. The third-order valence-electron chi connectivity index (χ3n) is 2.74. The molecule has 0 bridgehead atoms. The van der Waals surface area contributed by atoms with Gasteiger partial charge in [0, 0.05) is 7.05 Å². The van der Waals surface area contributed by atoms with Crippen molar-refractivity contribution in [3.05, 3.63) is 35.4 Å². The van der Waals surface area contributed by atoms with Crippen molar-refractivity contribution < 1.29 is 22.8 Å². The van der Waals surface area contributed by atoms with Crippen LogP contribution < -0.4 is 5.32 Å². The molecule has 1 aliphatic rings. The number of carbonyl (C=O) groups is 2. The molecule has 1 unspecified atom stereocenters. The molecule has 3 amide bonds. The molecule has 0 spiro atoms. The molecule has 2 rings (SSSR count). The van der Waals surface area contributed by atoms with Crippen LogP contribution in [0.1, 0.15) is 17.2 Å². The van der Waals surface area contributed by atoms with Crippen LogP contribution in [0.3, 0.4) is 0 Å². The van der Waals surface area contributed by atoms with Crippen LogP contribution in [0.25, 0.3) is 0 Å². The zero-order chi connectivity index (χ0) is 13.5. The summed E-state index contributed by atoms with van der Waals surface area (Å²) in [6, 6.07) is 2.73. The lowest BCUT2D eigenvalue weighted by Crippen LogP contribution is -2.25. The van der Waals surface area contributed by atoms with Gasteiger partial charge in [0.2, 0.25) is 0 Å². The molecule has 1 aliphatic heterocycles. The van der Waals surface area contributed by atoms with E-state index in [-0.39, 0.29) is 0 Å². The molecular weight excluding hydrogens is 249 g/mol. The summed E-state index contributed by atoms with van der Waals surface area (Å²) in [6.45, 7) is 0. The highest BCUT2D eigenvalue weighted by Gasteiger charge is 2.37. The van der Waals surface area contributed by atoms with Gasteiger partial charge in [-0.3, -0.25) is 10.1 Å². The van der Waals surface area contributed by atoms with Crippen molar-refractivity contribution in [2.24, 2.45) is 0 Å². The summed E-state index contributed by atoms with van der Waals surface area (Å²) in [5.74, 6) is -0.540. The molecule has 1 saturated heterocycles. The van der Waals surface area contributed by atoms with Crippen LogP contribution in [0.5, 0.6) is 0 Å². The van der Waals surface area contributed by atoms with Gasteiger partial charge in [-0.15, -0.1) is 0 Å². The molecule has 1 aromatic rings. The number of benzene rings is 1. The van der Waals surface area contributed by atoms with Gasteiger partial charge in [-0.1, -0.05) is 12.1 Å². The van der Waals surface area contributed by atoms with Gasteiger partial charge in [0.05, 0.1) is 5.56 Å². The Balaban J connectivity index is 2.30. The van der Waals surface area contributed by atoms with Crippen molar-refractivity contribution in [3.63, 3.8) is 0 Å². The fraction of sp³-hybridized carbons (Fsp3) is 0.273. The largest absolute Gasteiger partial charge is 0.416 e. The van der Waals surface area contributed by atoms with E-state index in [1.165, 1.54) is 19.2 Å². The molecule has 1 aromatic carbocycles. The molecule has 96 valence electrons. The normalized spacial score (nSPS) is 20.2. The maximum atomic E-state index is 12.4. The lowest BCUT2D eigenvalue weighted by Gasteiger charge is -2.17. The summed E-state index contributed by atoms with van der Waals surface area (Å²) < 4.78 is 37.1. The monoisotopic (exact) mass is 258 g/mol. The highest BCUT2D eigenvalue weighted by atomic mass is 19.4. The topological polar surface area (TPSA) is 49.4 Å². The standard InChI is InChI=1S/C11H9F3N2O2/c1-16-8(9(17)15-10(16)18)6-2-4-7(5-3-6)11(12,13)14/h2-5,8H,1H3,(H,15,17,18). The number of imide groups is 1. The van der Waals surface area contributed by atoms with Crippen molar-refractivity contribution in [1.82, 2.24) is 10.2 Å². The first-order chi connectivity index (χ1) is 8.30. The van der Waals surface area contributed by atoms with Gasteiger partial charge in [0.1, 0.15) is 6.04 Å². The smallest absolute Gasteiger partial charge is 0.311 e. The lowest BCUT2D eigenvalue weighted by molar-refractivity contribution is -0.137. The Morgan fingerprint density at radius 1 is 1.17 bits per heavy atom. The lowest BCUT2D eigenvalue weighted by atomic mass is 10.0. The Morgan fingerprint density at radius 2 is 1.72 bits per heavy atom. The van der Waals surface area contributed by atoms with E-state index in [4.69, 9.17) is 0 Å². The molecule has 0 aromatic heterocycles. The number of nitrogens with zero attached hydrogens (tertiary/aromatic N) is 1. The molecule has 0 aliphatic carbocycles. The number of nitrogens with one attached hydrogen (secondary N) is 1. The molecule has 7 heteroatoms. The summed E-state index contributed by atoms with van der Waals surface area (Å²) in [5.41, 5.74) is -0.451. The maximum Gasteiger partial charge on any atom is 0.416 e. The Morgan fingerprint density at radius 3 is 2.11 bits per heavy atom. The van der Waals surface area contributed by atoms with Gasteiger partial charge in [-0.05, 0) is 17.7 Å². The molecule has 1 atom stereocenters. The number of halogens is 3. The van der Waals surface area contributed by atoms with Gasteiger partial charge < -0.3 is 4.90 Å². The van der Waals surface area contributed by atoms with Crippen molar-refractivity contribution in [2.75, 3.05) is 7.05 Å². The first-order valence-electron chi connectivity index (χ1n) is 5.05. The number of alkyl halides is 3. The van der Waals surface area contributed by atoms with Crippen LogP contribution >= 0.6 is 0 Å². The van der Waals surface area contributed by atoms with Gasteiger partial charge in [-0.25, -0.2) is 4.79 Å². The minimum absolute atomic E-state index is 0.342. The minimum atomic E-state index is -4.42. The maximum absolute atomic E-state index is 12.4. The fourth-order valence-electron chi connectivity index (χ4n) is 1.78. The molecular formula is C11H9F3N2O2. The zero-order valence-corrected chi connectivity index (χ0v) is 9.28. The summed E-state index contributed by atoms with van der Waals surface area (Å²) in [7, 11) is 1.41. The first-order valence-corrected chi connectivity index (χ1v) is 5.05. The third-order valence-corrected chi connectivity index (χ3v) is 2.74. The second kappa shape index (κ2) is 4.01. The average Bonchev–Trinajstić information content (AvgIpc) is 2.52. The van der Waals surface area contributed by atoms with E-state index in [1.807, 2.05) is 0 Å². The zero-order valence-electron chi connectivity index (χ0n) is 9.28. The van der Waals surface area contributed by atoms with E-state index in [1.54, 1.807) is 0 Å².